The predicted molar refractivity (Wildman–Crippen MR) is 214 cm³/mol. The van der Waals surface area contributed by atoms with Crippen molar-refractivity contribution in [2.45, 2.75) is 134 Å². The number of nitrogens with zero attached hydrogens (tertiary/aromatic N) is 2. The average molecular weight is 839 g/mol. The van der Waals surface area contributed by atoms with E-state index in [1.54, 1.807) is 20.8 Å². The second-order valence-electron chi connectivity index (χ2n) is 16.9. The third-order valence-electron chi connectivity index (χ3n) is 11.5. The van der Waals surface area contributed by atoms with Crippen molar-refractivity contribution in [3.05, 3.63) is 41.7 Å². The van der Waals surface area contributed by atoms with E-state index in [1.165, 1.54) is 19.4 Å². The van der Waals surface area contributed by atoms with Gasteiger partial charge in [-0.15, -0.1) is 0 Å². The van der Waals surface area contributed by atoms with E-state index >= 15 is 0 Å². The predicted octanol–water partition coefficient (Wildman–Crippen LogP) is 2.30. The van der Waals surface area contributed by atoms with Gasteiger partial charge >= 0.3 is 17.9 Å². The number of carbonyl (C=O) groups is 9. The lowest BCUT2D eigenvalue weighted by molar-refractivity contribution is -0.146. The van der Waals surface area contributed by atoms with Gasteiger partial charge in [-0.25, -0.2) is 14.4 Å². The van der Waals surface area contributed by atoms with E-state index in [4.69, 9.17) is 0 Å². The van der Waals surface area contributed by atoms with Crippen LogP contribution in [0.1, 0.15) is 125 Å². The number of esters is 1. The molecule has 60 heavy (non-hydrogen) atoms. The second kappa shape index (κ2) is 21.5. The molecule has 4 rings (SSSR count). The minimum absolute atomic E-state index is 0.0624. The summed E-state index contributed by atoms with van der Waals surface area (Å²) < 4.78 is 4.60. The Morgan fingerprint density at radius 2 is 1.47 bits per heavy atom. The van der Waals surface area contributed by atoms with Gasteiger partial charge in [0.15, 0.2) is 5.78 Å². The first-order chi connectivity index (χ1) is 28.4. The van der Waals surface area contributed by atoms with E-state index in [2.05, 4.69) is 31.0 Å². The maximum atomic E-state index is 14.5. The zero-order chi connectivity index (χ0) is 44.1. The molecule has 2 aliphatic carbocycles. The number of hydrogen-bond acceptors (Lipinski definition) is 11. The summed E-state index contributed by atoms with van der Waals surface area (Å²) in [4.78, 5) is 124. The van der Waals surface area contributed by atoms with Gasteiger partial charge in [-0.2, -0.15) is 0 Å². The van der Waals surface area contributed by atoms with Crippen molar-refractivity contribution < 1.29 is 58.1 Å². The van der Waals surface area contributed by atoms with Gasteiger partial charge in [0, 0.05) is 24.9 Å². The third kappa shape index (κ3) is 12.7. The molecule has 1 aromatic heterocycles. The first-order valence-corrected chi connectivity index (χ1v) is 20.6. The van der Waals surface area contributed by atoms with Crippen LogP contribution in [0.5, 0.6) is 0 Å². The van der Waals surface area contributed by atoms with Gasteiger partial charge in [0.2, 0.25) is 23.6 Å². The van der Waals surface area contributed by atoms with E-state index in [0.717, 1.165) is 61.8 Å². The summed E-state index contributed by atoms with van der Waals surface area (Å²) in [7, 11) is 1.18. The Balaban J connectivity index is 1.57. The fourth-order valence-corrected chi connectivity index (χ4v) is 8.20. The molecule has 3 aliphatic rings. The smallest absolute Gasteiger partial charge is 0.336 e. The van der Waals surface area contributed by atoms with Crippen molar-refractivity contribution >= 4 is 53.2 Å². The number of methoxy groups -OCH3 is 1. The Morgan fingerprint density at radius 3 is 2.03 bits per heavy atom. The number of nitrogens with one attached hydrogen (secondary N) is 4. The SMILES string of the molecule is COC(=O)/C=C/CC[C@H](NC(=O)c1cnccc1C(=O)O)C(=O)N[C@H](C(=O)N1CC(=O)C[C@H]1C(=O)N[C@H](C(=O)N[C@H](C(=O)O)C1CCCCC1)C1CCCCC1)C(C)(C)C. The van der Waals surface area contributed by atoms with E-state index in [9.17, 15) is 53.4 Å². The first kappa shape index (κ1) is 47.0. The summed E-state index contributed by atoms with van der Waals surface area (Å²) >= 11 is 0. The van der Waals surface area contributed by atoms with Crippen LogP contribution >= 0.6 is 0 Å². The molecule has 0 bridgehead atoms. The molecular formula is C42H58N6O12. The number of hydrogen-bond donors (Lipinski definition) is 6. The number of pyridine rings is 1. The number of ketones is 1. The Morgan fingerprint density at radius 1 is 0.850 bits per heavy atom. The molecule has 0 spiro atoms. The van der Waals surface area contributed by atoms with Crippen molar-refractivity contribution in [1.82, 2.24) is 31.2 Å². The lowest BCUT2D eigenvalue weighted by Gasteiger charge is -2.37. The zero-order valence-electron chi connectivity index (χ0n) is 34.7. The number of ether oxygens (including phenoxy) is 1. The Kier molecular flexibility index (Phi) is 16.9. The van der Waals surface area contributed by atoms with E-state index in [0.29, 0.717) is 25.7 Å². The number of carboxylic acids is 2. The maximum absolute atomic E-state index is 14.5. The summed E-state index contributed by atoms with van der Waals surface area (Å²) in [5.74, 6) is -8.18. The van der Waals surface area contributed by atoms with Crippen LogP contribution in [0.2, 0.25) is 0 Å². The molecule has 1 saturated heterocycles. The van der Waals surface area contributed by atoms with Crippen LogP contribution in [0, 0.1) is 17.3 Å². The highest BCUT2D eigenvalue weighted by atomic mass is 16.5. The number of carbonyl (C=O) groups excluding carboxylic acids is 7. The van der Waals surface area contributed by atoms with Gasteiger partial charge in [0.1, 0.15) is 30.2 Å². The molecule has 1 aromatic rings. The lowest BCUT2D eigenvalue weighted by Crippen LogP contribution is -2.62. The number of amides is 5. The minimum Gasteiger partial charge on any atom is -0.480 e. The maximum Gasteiger partial charge on any atom is 0.336 e. The molecule has 6 N–H and O–H groups in total. The molecule has 5 atom stereocenters. The molecular weight excluding hydrogens is 780 g/mol. The van der Waals surface area contributed by atoms with Crippen molar-refractivity contribution in [2.24, 2.45) is 17.3 Å². The van der Waals surface area contributed by atoms with Crippen LogP contribution in [0.25, 0.3) is 0 Å². The molecule has 2 heterocycles. The largest absolute Gasteiger partial charge is 0.480 e. The molecule has 18 nitrogen and oxygen atoms in total. The number of aromatic nitrogens is 1. The Hall–Kier alpha value is -5.68. The topological polar surface area (TPSA) is 268 Å². The zero-order valence-corrected chi connectivity index (χ0v) is 34.7. The molecule has 0 unspecified atom stereocenters. The molecule has 328 valence electrons. The monoisotopic (exact) mass is 838 g/mol. The number of rotatable bonds is 17. The average Bonchev–Trinajstić information content (AvgIpc) is 3.63. The second-order valence-corrected chi connectivity index (χ2v) is 16.9. The number of allylic oxidation sites excluding steroid dienone is 1. The van der Waals surface area contributed by atoms with E-state index in [1.807, 2.05) is 0 Å². The molecule has 3 fully saturated rings. The summed E-state index contributed by atoms with van der Waals surface area (Å²) in [6, 6.07) is -5.22. The highest BCUT2D eigenvalue weighted by molar-refractivity contribution is 6.06. The Labute approximate surface area is 349 Å². The quantitative estimate of drug-likeness (QED) is 0.0973. The van der Waals surface area contributed by atoms with Gasteiger partial charge < -0.3 is 41.1 Å². The highest BCUT2D eigenvalue weighted by Crippen LogP contribution is 2.30. The fraction of sp³-hybridized carbons (Fsp3) is 0.619. The van der Waals surface area contributed by atoms with Gasteiger partial charge in [-0.1, -0.05) is 65.4 Å². The van der Waals surface area contributed by atoms with Crippen LogP contribution in [-0.4, -0.2) is 117 Å². The number of likely N-dealkylation sites (tertiary alicyclic amines) is 1. The van der Waals surface area contributed by atoms with E-state index in [-0.39, 0.29) is 42.2 Å². The Bertz CT molecular complexity index is 1810. The van der Waals surface area contributed by atoms with Gasteiger partial charge in [-0.3, -0.25) is 33.8 Å². The number of aromatic carboxylic acids is 1. The van der Waals surface area contributed by atoms with Gasteiger partial charge in [0.05, 0.1) is 24.8 Å². The third-order valence-corrected chi connectivity index (χ3v) is 11.5. The number of aliphatic carboxylic acids is 1. The summed E-state index contributed by atoms with van der Waals surface area (Å²) in [6.07, 6.45) is 12.1. The molecule has 0 radical (unpaired) electrons. The molecule has 2 saturated carbocycles. The standard InChI is InChI=1S/C42H58N6O12/c1-42(2,3)34(47-36(52)29(17-11-12-18-31(50)60-4)44-35(51)28-22-43-20-19-27(28)40(56)57)39(55)48-23-26(49)21-30(48)37(53)45-32(24-13-7-5-8-14-24)38(54)46-33(41(58)59)25-15-9-6-10-16-25/h12,18-20,22,24-25,29-30,32-34H,5-11,13-17,21,23H2,1-4H3,(H,44,51)(H,45,53)(H,46,54)(H,47,52)(H,56,57)(H,58,59)/b18-12+/t29-,30-,32-,33-,34+/m0/s1. The van der Waals surface area contributed by atoms with Crippen LogP contribution in [0.15, 0.2) is 30.6 Å². The summed E-state index contributed by atoms with van der Waals surface area (Å²) in [5.41, 5.74) is -1.73. The van der Waals surface area contributed by atoms with Crippen molar-refractivity contribution in [3.63, 3.8) is 0 Å². The van der Waals surface area contributed by atoms with Crippen molar-refractivity contribution in [3.8, 4) is 0 Å². The lowest BCUT2D eigenvalue weighted by atomic mass is 9.81. The minimum atomic E-state index is -1.41. The van der Waals surface area contributed by atoms with Gasteiger partial charge in [0.25, 0.3) is 5.91 Å². The van der Waals surface area contributed by atoms with Crippen LogP contribution in [0.4, 0.5) is 0 Å². The van der Waals surface area contributed by atoms with E-state index < -0.39 is 95.4 Å². The summed E-state index contributed by atoms with van der Waals surface area (Å²) in [6.45, 7) is 4.50. The van der Waals surface area contributed by atoms with Crippen LogP contribution in [-0.2, 0) is 38.3 Å². The fourth-order valence-electron chi connectivity index (χ4n) is 8.20. The molecule has 0 aromatic carbocycles. The normalized spacial score (nSPS) is 19.7. The molecule has 18 heteroatoms. The van der Waals surface area contributed by atoms with Crippen LogP contribution < -0.4 is 21.3 Å². The molecule has 1 aliphatic heterocycles. The molecule has 5 amide bonds. The van der Waals surface area contributed by atoms with Crippen LogP contribution in [0.3, 0.4) is 0 Å². The highest BCUT2D eigenvalue weighted by Gasteiger charge is 2.46. The number of Topliss-reactive ketones (excluding diaryl/α,β-unsaturated/α-hetero) is 1. The first-order valence-electron chi connectivity index (χ1n) is 20.6. The summed E-state index contributed by atoms with van der Waals surface area (Å²) in [5, 5.41) is 30.4. The van der Waals surface area contributed by atoms with Crippen molar-refractivity contribution in [1.29, 1.82) is 0 Å². The number of carboxylic acid groups (broad SMARTS) is 2. The van der Waals surface area contributed by atoms with Crippen molar-refractivity contribution in [2.75, 3.05) is 13.7 Å². The van der Waals surface area contributed by atoms with Gasteiger partial charge in [-0.05, 0) is 61.8 Å².